The first kappa shape index (κ1) is 13.5. The van der Waals surface area contributed by atoms with E-state index in [9.17, 15) is 8.42 Å². The van der Waals surface area contributed by atoms with Crippen LogP contribution in [0, 0.1) is 11.3 Å². The van der Waals surface area contributed by atoms with Gasteiger partial charge in [-0.3, -0.25) is 4.68 Å². The van der Waals surface area contributed by atoms with Crippen LogP contribution in [0.5, 0.6) is 0 Å². The Kier molecular flexibility index (Phi) is 3.48. The number of aliphatic hydroxyl groups is 1. The molecule has 0 bridgehead atoms. The third kappa shape index (κ3) is 2.90. The van der Waals surface area contributed by atoms with Gasteiger partial charge in [-0.25, -0.2) is 13.1 Å². The van der Waals surface area contributed by atoms with Crippen molar-refractivity contribution in [2.24, 2.45) is 11.3 Å². The Balaban J connectivity index is 1.97. The molecular formula is C11H19N3O3S. The minimum Gasteiger partial charge on any atom is -0.394 e. The molecule has 0 spiro atoms. The summed E-state index contributed by atoms with van der Waals surface area (Å²) >= 11 is 0. The summed E-state index contributed by atoms with van der Waals surface area (Å²) in [5.74, 6) is 0.416. The average Bonchev–Trinajstić information content (AvgIpc) is 2.71. The van der Waals surface area contributed by atoms with E-state index in [4.69, 9.17) is 5.11 Å². The monoisotopic (exact) mass is 273 g/mol. The first-order chi connectivity index (χ1) is 8.35. The molecule has 1 aromatic heterocycles. The molecule has 1 atom stereocenters. The molecule has 0 radical (unpaired) electrons. The number of nitrogens with one attached hydrogen (secondary N) is 1. The first-order valence-corrected chi connectivity index (χ1v) is 7.46. The topological polar surface area (TPSA) is 84.2 Å². The van der Waals surface area contributed by atoms with Gasteiger partial charge in [0.05, 0.1) is 19.3 Å². The number of hydrogen-bond acceptors (Lipinski definition) is 4. The highest BCUT2D eigenvalue weighted by molar-refractivity contribution is 7.89. The third-order valence-corrected chi connectivity index (χ3v) is 4.86. The molecule has 1 heterocycles. The Labute approximate surface area is 107 Å². The fourth-order valence-electron chi connectivity index (χ4n) is 1.93. The number of aromatic nitrogens is 2. The second-order valence-electron chi connectivity index (χ2n) is 5.40. The zero-order valence-corrected chi connectivity index (χ0v) is 11.4. The minimum atomic E-state index is -3.48. The molecule has 1 aliphatic rings. The Hall–Kier alpha value is -0.920. The van der Waals surface area contributed by atoms with Crippen molar-refractivity contribution in [3.05, 3.63) is 12.4 Å². The van der Waals surface area contributed by atoms with Crippen molar-refractivity contribution in [1.82, 2.24) is 14.5 Å². The second-order valence-corrected chi connectivity index (χ2v) is 7.17. The van der Waals surface area contributed by atoms with Crippen LogP contribution in [-0.4, -0.2) is 36.5 Å². The van der Waals surface area contributed by atoms with E-state index in [0.717, 1.165) is 6.42 Å². The quantitative estimate of drug-likeness (QED) is 0.775. The molecule has 18 heavy (non-hydrogen) atoms. The molecule has 1 unspecified atom stereocenters. The normalized spacial score (nSPS) is 22.1. The fourth-order valence-corrected chi connectivity index (χ4v) is 2.96. The zero-order valence-electron chi connectivity index (χ0n) is 10.6. The first-order valence-electron chi connectivity index (χ1n) is 5.98. The standard InChI is InChI=1S/C11H19N3O3S/c1-11(2)5-9(11)6-13-18(16,17)10-7-12-14(8-10)3-4-15/h7-9,13,15H,3-6H2,1-2H3. The Bertz CT molecular complexity index is 521. The molecule has 7 heteroatoms. The lowest BCUT2D eigenvalue weighted by Gasteiger charge is -2.05. The number of aliphatic hydroxyl groups excluding tert-OH is 1. The van der Waals surface area contributed by atoms with E-state index in [1.807, 2.05) is 0 Å². The van der Waals surface area contributed by atoms with Gasteiger partial charge >= 0.3 is 0 Å². The summed E-state index contributed by atoms with van der Waals surface area (Å²) in [4.78, 5) is 0.148. The van der Waals surface area contributed by atoms with E-state index in [1.54, 1.807) is 0 Å². The van der Waals surface area contributed by atoms with Gasteiger partial charge in [-0.05, 0) is 17.8 Å². The van der Waals surface area contributed by atoms with Crippen LogP contribution in [0.3, 0.4) is 0 Å². The van der Waals surface area contributed by atoms with Crippen molar-refractivity contribution in [2.45, 2.75) is 31.7 Å². The van der Waals surface area contributed by atoms with Crippen molar-refractivity contribution in [3.8, 4) is 0 Å². The molecule has 0 aromatic carbocycles. The largest absolute Gasteiger partial charge is 0.394 e. The van der Waals surface area contributed by atoms with Gasteiger partial charge in [-0.15, -0.1) is 0 Å². The van der Waals surface area contributed by atoms with Crippen LogP contribution in [0.4, 0.5) is 0 Å². The molecule has 1 saturated carbocycles. The summed E-state index contributed by atoms with van der Waals surface area (Å²) in [6.45, 7) is 4.97. The lowest BCUT2D eigenvalue weighted by atomic mass is 10.1. The molecule has 102 valence electrons. The molecule has 1 aliphatic carbocycles. The summed E-state index contributed by atoms with van der Waals surface area (Å²) in [6, 6.07) is 0. The van der Waals surface area contributed by atoms with E-state index in [0.29, 0.717) is 19.0 Å². The van der Waals surface area contributed by atoms with Gasteiger partial charge in [0.2, 0.25) is 10.0 Å². The van der Waals surface area contributed by atoms with E-state index in [2.05, 4.69) is 23.7 Å². The SMILES string of the molecule is CC1(C)CC1CNS(=O)(=O)c1cnn(CCO)c1. The van der Waals surface area contributed by atoms with Gasteiger partial charge in [0.25, 0.3) is 0 Å². The van der Waals surface area contributed by atoms with Crippen LogP contribution in [0.15, 0.2) is 17.3 Å². The molecule has 6 nitrogen and oxygen atoms in total. The van der Waals surface area contributed by atoms with Crippen molar-refractivity contribution < 1.29 is 13.5 Å². The summed E-state index contributed by atoms with van der Waals surface area (Å²) in [5.41, 5.74) is 0.254. The van der Waals surface area contributed by atoms with Crippen molar-refractivity contribution in [3.63, 3.8) is 0 Å². The molecular weight excluding hydrogens is 254 g/mol. The molecule has 0 aliphatic heterocycles. The smallest absolute Gasteiger partial charge is 0.243 e. The second kappa shape index (κ2) is 4.64. The van der Waals surface area contributed by atoms with E-state index < -0.39 is 10.0 Å². The van der Waals surface area contributed by atoms with Gasteiger partial charge in [0.15, 0.2) is 0 Å². The highest BCUT2D eigenvalue weighted by atomic mass is 32.2. The van der Waals surface area contributed by atoms with Gasteiger partial charge in [-0.1, -0.05) is 13.8 Å². The molecule has 1 aromatic rings. The van der Waals surface area contributed by atoms with Crippen LogP contribution >= 0.6 is 0 Å². The number of nitrogens with zero attached hydrogens (tertiary/aromatic N) is 2. The van der Waals surface area contributed by atoms with Gasteiger partial charge < -0.3 is 5.11 Å². The number of rotatable bonds is 6. The fraction of sp³-hybridized carbons (Fsp3) is 0.727. The van der Waals surface area contributed by atoms with Crippen molar-refractivity contribution >= 4 is 10.0 Å². The minimum absolute atomic E-state index is 0.0646. The number of sulfonamides is 1. The summed E-state index contributed by atoms with van der Waals surface area (Å²) in [6.07, 6.45) is 3.78. The number of hydrogen-bond donors (Lipinski definition) is 2. The van der Waals surface area contributed by atoms with Gasteiger partial charge in [0.1, 0.15) is 4.90 Å². The maximum Gasteiger partial charge on any atom is 0.243 e. The van der Waals surface area contributed by atoms with Crippen LogP contribution in [0.1, 0.15) is 20.3 Å². The van der Waals surface area contributed by atoms with Crippen molar-refractivity contribution in [1.29, 1.82) is 0 Å². The van der Waals surface area contributed by atoms with E-state index >= 15 is 0 Å². The Morgan fingerprint density at radius 2 is 2.28 bits per heavy atom. The van der Waals surface area contributed by atoms with Crippen LogP contribution < -0.4 is 4.72 Å². The molecule has 0 saturated heterocycles. The predicted octanol–water partition coefficient (Wildman–Crippen LogP) is 0.200. The van der Waals surface area contributed by atoms with Crippen LogP contribution in [-0.2, 0) is 16.6 Å². The van der Waals surface area contributed by atoms with E-state index in [1.165, 1.54) is 17.1 Å². The third-order valence-electron chi connectivity index (χ3n) is 3.49. The Morgan fingerprint density at radius 3 is 2.83 bits per heavy atom. The zero-order chi connectivity index (χ0) is 13.4. The van der Waals surface area contributed by atoms with Crippen molar-refractivity contribution in [2.75, 3.05) is 13.2 Å². The average molecular weight is 273 g/mol. The summed E-state index contributed by atoms with van der Waals surface area (Å²) in [5, 5.41) is 12.6. The van der Waals surface area contributed by atoms with E-state index in [-0.39, 0.29) is 16.9 Å². The molecule has 1 fully saturated rings. The van der Waals surface area contributed by atoms with Gasteiger partial charge in [0, 0.05) is 12.7 Å². The van der Waals surface area contributed by atoms with Gasteiger partial charge in [-0.2, -0.15) is 5.10 Å². The highest BCUT2D eigenvalue weighted by Gasteiger charge is 2.45. The summed E-state index contributed by atoms with van der Waals surface area (Å²) in [7, 11) is -3.48. The maximum atomic E-state index is 12.0. The lowest BCUT2D eigenvalue weighted by Crippen LogP contribution is -2.26. The highest BCUT2D eigenvalue weighted by Crippen LogP contribution is 2.51. The van der Waals surface area contributed by atoms with Crippen LogP contribution in [0.2, 0.25) is 0 Å². The lowest BCUT2D eigenvalue weighted by molar-refractivity contribution is 0.269. The summed E-state index contributed by atoms with van der Waals surface area (Å²) < 4.78 is 27.9. The Morgan fingerprint density at radius 1 is 1.61 bits per heavy atom. The molecule has 2 N–H and O–H groups in total. The maximum absolute atomic E-state index is 12.0. The molecule has 2 rings (SSSR count). The molecule has 0 amide bonds. The van der Waals surface area contributed by atoms with Crippen LogP contribution in [0.25, 0.3) is 0 Å². The predicted molar refractivity (Wildman–Crippen MR) is 66.4 cm³/mol.